The lowest BCUT2D eigenvalue weighted by Crippen LogP contribution is -2.33. The summed E-state index contributed by atoms with van der Waals surface area (Å²) >= 11 is 1.79. The average Bonchev–Trinajstić information content (AvgIpc) is 3.35. The number of phenolic OH excluding ortho intramolecular Hbond substituents is 1. The fourth-order valence-corrected chi connectivity index (χ4v) is 5.47. The quantitative estimate of drug-likeness (QED) is 0.262. The Morgan fingerprint density at radius 2 is 1.66 bits per heavy atom. The standard InChI is InChI=1S/C29H31NO3S.ClH/c1-2-25-12-15-28(34-25)27-13-6-21-20-22(31)7-14-26(21)29(27)33-24-10-8-23(9-11-24)32-19-18-30-16-4-3-5-17-30;/h6-15,20,31H,2-5,16-19H2,1H3;1H. The molecule has 1 aliphatic rings. The van der Waals surface area contributed by atoms with Crippen molar-refractivity contribution in [3.63, 3.8) is 0 Å². The number of aryl methyl sites for hydroxylation is 1. The van der Waals surface area contributed by atoms with Gasteiger partial charge in [-0.25, -0.2) is 0 Å². The van der Waals surface area contributed by atoms with Crippen molar-refractivity contribution in [2.24, 2.45) is 0 Å². The van der Waals surface area contributed by atoms with Crippen molar-refractivity contribution in [2.75, 3.05) is 26.2 Å². The van der Waals surface area contributed by atoms with Gasteiger partial charge >= 0.3 is 0 Å². The number of ether oxygens (including phenoxy) is 2. The summed E-state index contributed by atoms with van der Waals surface area (Å²) < 4.78 is 12.5. The van der Waals surface area contributed by atoms with Crippen LogP contribution >= 0.6 is 23.7 Å². The van der Waals surface area contributed by atoms with Crippen molar-refractivity contribution in [2.45, 2.75) is 32.6 Å². The number of aromatic hydroxyl groups is 1. The van der Waals surface area contributed by atoms with Gasteiger partial charge in [0.05, 0.1) is 0 Å². The maximum Gasteiger partial charge on any atom is 0.143 e. The molecule has 0 atom stereocenters. The van der Waals surface area contributed by atoms with E-state index in [9.17, 15) is 5.11 Å². The van der Waals surface area contributed by atoms with Crippen LogP contribution in [0.2, 0.25) is 0 Å². The number of benzene rings is 3. The van der Waals surface area contributed by atoms with Crippen LogP contribution in [0.3, 0.4) is 0 Å². The third-order valence-corrected chi connectivity index (χ3v) is 7.66. The number of nitrogens with zero attached hydrogens (tertiary/aromatic N) is 1. The van der Waals surface area contributed by atoms with E-state index in [1.807, 2.05) is 36.4 Å². The van der Waals surface area contributed by atoms with Crippen molar-refractivity contribution < 1.29 is 14.6 Å². The Morgan fingerprint density at radius 1 is 0.886 bits per heavy atom. The Kier molecular flexibility index (Phi) is 8.55. The molecule has 4 aromatic rings. The topological polar surface area (TPSA) is 41.9 Å². The van der Waals surface area contributed by atoms with E-state index in [1.165, 1.54) is 42.1 Å². The van der Waals surface area contributed by atoms with Crippen molar-refractivity contribution >= 4 is 34.5 Å². The number of piperidine rings is 1. The summed E-state index contributed by atoms with van der Waals surface area (Å²) in [7, 11) is 0. The Hall–Kier alpha value is -2.73. The van der Waals surface area contributed by atoms with Crippen molar-refractivity contribution in [1.82, 2.24) is 4.90 Å². The van der Waals surface area contributed by atoms with Gasteiger partial charge in [0.15, 0.2) is 0 Å². The number of rotatable bonds is 8. The Labute approximate surface area is 217 Å². The first-order chi connectivity index (χ1) is 16.7. The highest BCUT2D eigenvalue weighted by atomic mass is 35.5. The number of likely N-dealkylation sites (tertiary alicyclic amines) is 1. The number of halogens is 1. The summed E-state index contributed by atoms with van der Waals surface area (Å²) in [4.78, 5) is 5.01. The highest BCUT2D eigenvalue weighted by molar-refractivity contribution is 7.15. The number of fused-ring (bicyclic) bond motifs is 1. The van der Waals surface area contributed by atoms with E-state index in [2.05, 4.69) is 30.0 Å². The molecule has 4 nitrogen and oxygen atoms in total. The third-order valence-electron chi connectivity index (χ3n) is 6.40. The molecule has 1 fully saturated rings. The van der Waals surface area contributed by atoms with Gasteiger partial charge in [0.2, 0.25) is 0 Å². The van der Waals surface area contributed by atoms with Gasteiger partial charge in [-0.1, -0.05) is 19.4 Å². The van der Waals surface area contributed by atoms with Crippen LogP contribution in [-0.2, 0) is 6.42 Å². The van der Waals surface area contributed by atoms with E-state index in [-0.39, 0.29) is 18.2 Å². The molecule has 1 aromatic heterocycles. The average molecular weight is 510 g/mol. The second-order valence-electron chi connectivity index (χ2n) is 8.79. The zero-order chi connectivity index (χ0) is 23.3. The lowest BCUT2D eigenvalue weighted by Gasteiger charge is -2.26. The molecule has 0 spiro atoms. The van der Waals surface area contributed by atoms with E-state index >= 15 is 0 Å². The van der Waals surface area contributed by atoms with Crippen molar-refractivity contribution in [1.29, 1.82) is 0 Å². The third kappa shape index (κ3) is 6.10. The first-order valence-electron chi connectivity index (χ1n) is 12.2. The van der Waals surface area contributed by atoms with E-state index in [0.29, 0.717) is 6.61 Å². The molecule has 0 radical (unpaired) electrons. The molecule has 1 saturated heterocycles. The van der Waals surface area contributed by atoms with E-state index < -0.39 is 0 Å². The van der Waals surface area contributed by atoms with Gasteiger partial charge in [-0.3, -0.25) is 4.90 Å². The lowest BCUT2D eigenvalue weighted by atomic mass is 10.0. The van der Waals surface area contributed by atoms with Crippen LogP contribution in [0.25, 0.3) is 21.2 Å². The minimum absolute atomic E-state index is 0. The Balaban J connectivity index is 0.00000289. The zero-order valence-electron chi connectivity index (χ0n) is 20.0. The van der Waals surface area contributed by atoms with Crippen LogP contribution in [0.15, 0.2) is 66.7 Å². The van der Waals surface area contributed by atoms with Crippen LogP contribution in [0, 0.1) is 0 Å². The predicted octanol–water partition coefficient (Wildman–Crippen LogP) is 7.92. The molecule has 3 aromatic carbocycles. The predicted molar refractivity (Wildman–Crippen MR) is 148 cm³/mol. The highest BCUT2D eigenvalue weighted by Crippen LogP contribution is 2.43. The molecule has 0 unspecified atom stereocenters. The highest BCUT2D eigenvalue weighted by Gasteiger charge is 2.15. The first kappa shape index (κ1) is 25.4. The molecule has 35 heavy (non-hydrogen) atoms. The van der Waals surface area contributed by atoms with Crippen molar-refractivity contribution in [3.05, 3.63) is 71.6 Å². The van der Waals surface area contributed by atoms with Gasteiger partial charge in [-0.2, -0.15) is 0 Å². The molecule has 5 rings (SSSR count). The summed E-state index contributed by atoms with van der Waals surface area (Å²) in [5.41, 5.74) is 1.06. The molecule has 1 aliphatic heterocycles. The molecule has 184 valence electrons. The minimum atomic E-state index is 0. The van der Waals surface area contributed by atoms with Gasteiger partial charge in [0.25, 0.3) is 0 Å². The summed E-state index contributed by atoms with van der Waals surface area (Å²) in [6.07, 6.45) is 4.96. The molecule has 0 bridgehead atoms. The molecule has 0 aliphatic carbocycles. The van der Waals surface area contributed by atoms with Crippen LogP contribution in [0.4, 0.5) is 0 Å². The molecule has 6 heteroatoms. The summed E-state index contributed by atoms with van der Waals surface area (Å²) in [6, 6.07) is 21.8. The molecule has 0 saturated carbocycles. The fourth-order valence-electron chi connectivity index (χ4n) is 4.50. The second-order valence-corrected chi connectivity index (χ2v) is 9.96. The van der Waals surface area contributed by atoms with Gasteiger partial charge in [-0.05, 0) is 98.4 Å². The fraction of sp³-hybridized carbons (Fsp3) is 0.310. The SMILES string of the molecule is CCc1ccc(-c2ccc3cc(O)ccc3c2Oc2ccc(OCCN3CCCCC3)cc2)s1.Cl. The maximum absolute atomic E-state index is 9.96. The zero-order valence-corrected chi connectivity index (χ0v) is 21.7. The first-order valence-corrected chi connectivity index (χ1v) is 13.0. The number of hydrogen-bond acceptors (Lipinski definition) is 5. The number of hydrogen-bond donors (Lipinski definition) is 1. The second kappa shape index (κ2) is 11.8. The summed E-state index contributed by atoms with van der Waals surface area (Å²) in [5, 5.41) is 11.9. The van der Waals surface area contributed by atoms with Crippen molar-refractivity contribution in [3.8, 4) is 33.4 Å². The largest absolute Gasteiger partial charge is 0.508 e. The van der Waals surface area contributed by atoms with E-state index in [4.69, 9.17) is 9.47 Å². The van der Waals surface area contributed by atoms with E-state index in [0.717, 1.165) is 46.6 Å². The Morgan fingerprint density at radius 3 is 2.40 bits per heavy atom. The Bertz CT molecular complexity index is 1250. The van der Waals surface area contributed by atoms with E-state index in [1.54, 1.807) is 23.5 Å². The van der Waals surface area contributed by atoms with Gasteiger partial charge < -0.3 is 14.6 Å². The molecule has 1 N–H and O–H groups in total. The van der Waals surface area contributed by atoms with Gasteiger partial charge in [0.1, 0.15) is 29.6 Å². The minimum Gasteiger partial charge on any atom is -0.508 e. The molecule has 2 heterocycles. The normalized spacial score (nSPS) is 14.0. The smallest absolute Gasteiger partial charge is 0.143 e. The molecular weight excluding hydrogens is 478 g/mol. The monoisotopic (exact) mass is 509 g/mol. The van der Waals surface area contributed by atoms with Crippen LogP contribution in [0.5, 0.6) is 23.0 Å². The molecular formula is C29H32ClNO3S. The summed E-state index contributed by atoms with van der Waals surface area (Å²) in [6.45, 7) is 6.23. The number of thiophene rings is 1. The van der Waals surface area contributed by atoms with Crippen LogP contribution in [0.1, 0.15) is 31.1 Å². The van der Waals surface area contributed by atoms with Gasteiger partial charge in [-0.15, -0.1) is 23.7 Å². The van der Waals surface area contributed by atoms with Crippen LogP contribution in [-0.4, -0.2) is 36.2 Å². The maximum atomic E-state index is 9.96. The number of phenols is 1. The summed E-state index contributed by atoms with van der Waals surface area (Å²) in [5.74, 6) is 2.68. The molecule has 0 amide bonds. The van der Waals surface area contributed by atoms with Crippen LogP contribution < -0.4 is 9.47 Å². The van der Waals surface area contributed by atoms with Gasteiger partial charge in [0, 0.05) is 27.2 Å². The lowest BCUT2D eigenvalue weighted by molar-refractivity contribution is 0.183.